The number of thiophene rings is 1. The SMILES string of the molecule is CC1CCC2(CS1)NCCc1sccc12. The third-order valence-electron chi connectivity index (χ3n) is 3.67. The van der Waals surface area contributed by atoms with E-state index in [0.29, 0.717) is 5.54 Å². The predicted octanol–water partition coefficient (Wildman–Crippen LogP) is 3.00. The quantitative estimate of drug-likeness (QED) is 0.747. The monoisotopic (exact) mass is 239 g/mol. The molecule has 2 atom stereocenters. The first kappa shape index (κ1) is 10.2. The summed E-state index contributed by atoms with van der Waals surface area (Å²) >= 11 is 4.08. The molecule has 15 heavy (non-hydrogen) atoms. The van der Waals surface area contributed by atoms with Gasteiger partial charge < -0.3 is 5.32 Å². The molecule has 0 aromatic carbocycles. The Bertz CT molecular complexity index is 350. The Morgan fingerprint density at radius 3 is 3.27 bits per heavy atom. The van der Waals surface area contributed by atoms with E-state index in [-0.39, 0.29) is 0 Å². The summed E-state index contributed by atoms with van der Waals surface area (Å²) < 4.78 is 0. The summed E-state index contributed by atoms with van der Waals surface area (Å²) in [5.41, 5.74) is 1.93. The summed E-state index contributed by atoms with van der Waals surface area (Å²) in [5.74, 6) is 1.26. The van der Waals surface area contributed by atoms with Gasteiger partial charge in [-0.15, -0.1) is 11.3 Å². The second-order valence-electron chi connectivity index (χ2n) is 4.68. The van der Waals surface area contributed by atoms with Crippen molar-refractivity contribution in [2.24, 2.45) is 0 Å². The molecular weight excluding hydrogens is 222 g/mol. The standard InChI is InChI=1S/C12H17NS2/c1-9-2-5-12(8-15-9)10-4-7-14-11(10)3-6-13-12/h4,7,9,13H,2-3,5-6,8H2,1H3. The Labute approximate surface area is 99.7 Å². The number of hydrogen-bond acceptors (Lipinski definition) is 3. The zero-order valence-corrected chi connectivity index (χ0v) is 10.7. The lowest BCUT2D eigenvalue weighted by atomic mass is 9.83. The molecule has 1 aromatic heterocycles. The van der Waals surface area contributed by atoms with Gasteiger partial charge in [-0.1, -0.05) is 6.92 Å². The van der Waals surface area contributed by atoms with Crippen molar-refractivity contribution < 1.29 is 0 Å². The Hall–Kier alpha value is 0.0100. The van der Waals surface area contributed by atoms with Gasteiger partial charge in [-0.25, -0.2) is 0 Å². The lowest BCUT2D eigenvalue weighted by Crippen LogP contribution is -2.50. The molecule has 2 aliphatic rings. The van der Waals surface area contributed by atoms with E-state index in [1.165, 1.54) is 31.6 Å². The second kappa shape index (κ2) is 3.79. The van der Waals surface area contributed by atoms with Crippen LogP contribution in [0.15, 0.2) is 11.4 Å². The van der Waals surface area contributed by atoms with E-state index in [4.69, 9.17) is 0 Å². The van der Waals surface area contributed by atoms with Crippen LogP contribution in [0.25, 0.3) is 0 Å². The van der Waals surface area contributed by atoms with Crippen molar-refractivity contribution in [3.05, 3.63) is 21.9 Å². The average molecular weight is 239 g/mol. The first-order valence-electron chi connectivity index (χ1n) is 5.74. The molecule has 3 heterocycles. The highest BCUT2D eigenvalue weighted by Crippen LogP contribution is 2.43. The number of nitrogens with one attached hydrogen (secondary N) is 1. The molecule has 0 bridgehead atoms. The van der Waals surface area contributed by atoms with Crippen molar-refractivity contribution in [1.82, 2.24) is 5.32 Å². The molecule has 1 N–H and O–H groups in total. The van der Waals surface area contributed by atoms with Gasteiger partial charge in [-0.2, -0.15) is 11.8 Å². The summed E-state index contributed by atoms with van der Waals surface area (Å²) in [5, 5.41) is 6.90. The van der Waals surface area contributed by atoms with E-state index in [9.17, 15) is 0 Å². The normalized spacial score (nSPS) is 35.4. The predicted molar refractivity (Wildman–Crippen MR) is 68.9 cm³/mol. The molecule has 0 radical (unpaired) electrons. The van der Waals surface area contributed by atoms with Gasteiger partial charge in [0.15, 0.2) is 0 Å². The van der Waals surface area contributed by atoms with E-state index in [1.807, 2.05) is 11.3 Å². The zero-order valence-electron chi connectivity index (χ0n) is 9.08. The fourth-order valence-electron chi connectivity index (χ4n) is 2.71. The van der Waals surface area contributed by atoms with Crippen molar-refractivity contribution in [2.45, 2.75) is 37.0 Å². The van der Waals surface area contributed by atoms with Gasteiger partial charge >= 0.3 is 0 Å². The topological polar surface area (TPSA) is 12.0 Å². The zero-order chi connectivity index (χ0) is 10.3. The highest BCUT2D eigenvalue weighted by atomic mass is 32.2. The maximum atomic E-state index is 3.78. The van der Waals surface area contributed by atoms with Crippen LogP contribution in [0.3, 0.4) is 0 Å². The molecule has 0 aliphatic carbocycles. The Kier molecular flexibility index (Phi) is 2.57. The third-order valence-corrected chi connectivity index (χ3v) is 6.11. The molecule has 82 valence electrons. The van der Waals surface area contributed by atoms with Crippen LogP contribution in [0.1, 0.15) is 30.2 Å². The second-order valence-corrected chi connectivity index (χ2v) is 7.10. The summed E-state index contributed by atoms with van der Waals surface area (Å²) in [6.45, 7) is 3.53. The molecule has 1 aromatic rings. The highest BCUT2D eigenvalue weighted by Gasteiger charge is 2.39. The number of hydrogen-bond donors (Lipinski definition) is 1. The van der Waals surface area contributed by atoms with E-state index in [2.05, 4.69) is 35.4 Å². The summed E-state index contributed by atoms with van der Waals surface area (Å²) in [6, 6.07) is 2.35. The minimum absolute atomic E-state index is 0.324. The van der Waals surface area contributed by atoms with E-state index < -0.39 is 0 Å². The Morgan fingerprint density at radius 2 is 2.47 bits per heavy atom. The van der Waals surface area contributed by atoms with E-state index in [1.54, 1.807) is 10.4 Å². The Balaban J connectivity index is 1.94. The van der Waals surface area contributed by atoms with Gasteiger partial charge in [0.25, 0.3) is 0 Å². The van der Waals surface area contributed by atoms with Crippen molar-refractivity contribution in [1.29, 1.82) is 0 Å². The molecule has 3 rings (SSSR count). The van der Waals surface area contributed by atoms with Crippen LogP contribution in [0.4, 0.5) is 0 Å². The largest absolute Gasteiger partial charge is 0.306 e. The van der Waals surface area contributed by atoms with Crippen LogP contribution >= 0.6 is 23.1 Å². The van der Waals surface area contributed by atoms with Crippen molar-refractivity contribution in [3.8, 4) is 0 Å². The molecule has 1 spiro atoms. The minimum Gasteiger partial charge on any atom is -0.306 e. The van der Waals surface area contributed by atoms with Gasteiger partial charge in [-0.05, 0) is 36.3 Å². The highest BCUT2D eigenvalue weighted by molar-refractivity contribution is 8.00. The van der Waals surface area contributed by atoms with Gasteiger partial charge in [0, 0.05) is 22.4 Å². The summed E-state index contributed by atoms with van der Waals surface area (Å²) in [4.78, 5) is 1.63. The van der Waals surface area contributed by atoms with Crippen molar-refractivity contribution >= 4 is 23.1 Å². The molecule has 1 fully saturated rings. The number of rotatable bonds is 0. The molecule has 0 amide bonds. The lowest BCUT2D eigenvalue weighted by molar-refractivity contribution is 0.316. The summed E-state index contributed by atoms with van der Waals surface area (Å²) in [6.07, 6.45) is 3.91. The number of fused-ring (bicyclic) bond motifs is 2. The van der Waals surface area contributed by atoms with Gasteiger partial charge in [0.1, 0.15) is 0 Å². The van der Waals surface area contributed by atoms with Crippen LogP contribution in [-0.2, 0) is 12.0 Å². The fourth-order valence-corrected chi connectivity index (χ4v) is 4.95. The molecule has 1 saturated heterocycles. The summed E-state index contributed by atoms with van der Waals surface area (Å²) in [7, 11) is 0. The van der Waals surface area contributed by atoms with Gasteiger partial charge in [0.2, 0.25) is 0 Å². The van der Waals surface area contributed by atoms with Crippen molar-refractivity contribution in [3.63, 3.8) is 0 Å². The smallest absolute Gasteiger partial charge is 0.0537 e. The van der Waals surface area contributed by atoms with E-state index in [0.717, 1.165) is 5.25 Å². The van der Waals surface area contributed by atoms with Crippen LogP contribution in [0.5, 0.6) is 0 Å². The minimum atomic E-state index is 0.324. The molecule has 3 heteroatoms. The molecular formula is C12H17NS2. The van der Waals surface area contributed by atoms with Crippen LogP contribution in [0, 0.1) is 0 Å². The van der Waals surface area contributed by atoms with Gasteiger partial charge in [-0.3, -0.25) is 0 Å². The maximum absolute atomic E-state index is 3.78. The fraction of sp³-hybridized carbons (Fsp3) is 0.667. The maximum Gasteiger partial charge on any atom is 0.0537 e. The van der Waals surface area contributed by atoms with Crippen LogP contribution < -0.4 is 5.32 Å². The average Bonchev–Trinajstić information content (AvgIpc) is 2.72. The lowest BCUT2D eigenvalue weighted by Gasteiger charge is -2.43. The van der Waals surface area contributed by atoms with Crippen LogP contribution in [-0.4, -0.2) is 17.5 Å². The first-order chi connectivity index (χ1) is 7.30. The molecule has 2 unspecified atom stereocenters. The van der Waals surface area contributed by atoms with Crippen LogP contribution in [0.2, 0.25) is 0 Å². The third kappa shape index (κ3) is 1.65. The molecule has 2 aliphatic heterocycles. The first-order valence-corrected chi connectivity index (χ1v) is 7.66. The van der Waals surface area contributed by atoms with Crippen molar-refractivity contribution in [2.75, 3.05) is 12.3 Å². The molecule has 1 nitrogen and oxygen atoms in total. The Morgan fingerprint density at radius 1 is 1.53 bits per heavy atom. The van der Waals surface area contributed by atoms with Gasteiger partial charge in [0.05, 0.1) is 5.54 Å². The van der Waals surface area contributed by atoms with E-state index >= 15 is 0 Å². The molecule has 0 saturated carbocycles. The number of thioether (sulfide) groups is 1.